The van der Waals surface area contributed by atoms with E-state index in [1.165, 1.54) is 24.3 Å². The Labute approximate surface area is 192 Å². The second-order valence-corrected chi connectivity index (χ2v) is 8.68. The number of carbonyl (C=O) groups is 1. The highest BCUT2D eigenvalue weighted by Crippen LogP contribution is 2.43. The first kappa shape index (κ1) is 24.2. The first-order valence-corrected chi connectivity index (χ1v) is 11.2. The average Bonchev–Trinajstić information content (AvgIpc) is 2.74. The lowest BCUT2D eigenvalue weighted by atomic mass is 9.92. The van der Waals surface area contributed by atoms with Gasteiger partial charge in [0.15, 0.2) is 18.5 Å². The number of Topliss-reactive ketones (excluding diaryl/α,β-unsaturated/α-hetero) is 1. The van der Waals surface area contributed by atoms with E-state index < -0.39 is 65.3 Å². The second kappa shape index (κ2) is 8.99. The number of fused-ring (bicyclic) bond motifs is 1. The summed E-state index contributed by atoms with van der Waals surface area (Å²) in [5, 5.41) is 50.1. The van der Waals surface area contributed by atoms with Crippen LogP contribution in [0.3, 0.4) is 0 Å². The van der Waals surface area contributed by atoms with E-state index in [4.69, 9.17) is 18.8 Å². The van der Waals surface area contributed by atoms with E-state index in [0.29, 0.717) is 5.56 Å². The van der Waals surface area contributed by atoms with Crippen molar-refractivity contribution in [2.24, 2.45) is 0 Å². The molecule has 13 nitrogen and oxygen atoms in total. The SMILES string of the molecule is O=C1c2c(O)cc(O)cc2O[C@H](c2ccc(O)cc2)[C@@H]1O[C@@H]1OC[C@H](OS(=O)(=O)O)[C@H](O)[C@H]1O. The number of aliphatic hydroxyl groups excluding tert-OH is 2. The maximum atomic E-state index is 13.3. The Kier molecular flexibility index (Phi) is 6.39. The van der Waals surface area contributed by atoms with Gasteiger partial charge in [-0.05, 0) is 17.7 Å². The molecule has 6 atom stereocenters. The van der Waals surface area contributed by atoms with Crippen molar-refractivity contribution in [2.75, 3.05) is 6.61 Å². The molecule has 0 saturated carbocycles. The third-order valence-electron chi connectivity index (χ3n) is 5.28. The Bertz CT molecular complexity index is 1180. The van der Waals surface area contributed by atoms with Crippen molar-refractivity contribution >= 4 is 16.2 Å². The number of rotatable bonds is 5. The minimum Gasteiger partial charge on any atom is -0.508 e. The van der Waals surface area contributed by atoms with Gasteiger partial charge in [-0.1, -0.05) is 12.1 Å². The Morgan fingerprint density at radius 3 is 2.29 bits per heavy atom. The molecule has 2 aliphatic rings. The summed E-state index contributed by atoms with van der Waals surface area (Å²) in [7, 11) is -4.96. The molecule has 34 heavy (non-hydrogen) atoms. The van der Waals surface area contributed by atoms with Gasteiger partial charge in [0.2, 0.25) is 5.78 Å². The molecular weight excluding hydrogens is 480 g/mol. The van der Waals surface area contributed by atoms with E-state index in [-0.39, 0.29) is 22.8 Å². The molecule has 2 aliphatic heterocycles. The number of ether oxygens (including phenoxy) is 3. The summed E-state index contributed by atoms with van der Waals surface area (Å²) in [6.07, 6.45) is -9.88. The molecule has 2 aromatic rings. The number of hydrogen-bond acceptors (Lipinski definition) is 12. The van der Waals surface area contributed by atoms with Crippen LogP contribution >= 0.6 is 0 Å². The predicted molar refractivity (Wildman–Crippen MR) is 109 cm³/mol. The molecule has 14 heteroatoms. The van der Waals surface area contributed by atoms with Crippen molar-refractivity contribution in [2.45, 2.75) is 36.8 Å². The van der Waals surface area contributed by atoms with Gasteiger partial charge < -0.3 is 39.7 Å². The maximum Gasteiger partial charge on any atom is 0.397 e. The van der Waals surface area contributed by atoms with Gasteiger partial charge in [-0.15, -0.1) is 0 Å². The highest BCUT2D eigenvalue weighted by atomic mass is 32.3. The topological polar surface area (TPSA) is 210 Å². The van der Waals surface area contributed by atoms with Crippen LogP contribution in [0.2, 0.25) is 0 Å². The third-order valence-corrected chi connectivity index (χ3v) is 5.77. The van der Waals surface area contributed by atoms with Crippen LogP contribution in [-0.2, 0) is 24.1 Å². The zero-order valence-corrected chi connectivity index (χ0v) is 17.9. The lowest BCUT2D eigenvalue weighted by Crippen LogP contribution is -2.57. The molecule has 1 fully saturated rings. The molecular formula is C20H20O13S. The minimum absolute atomic E-state index is 0.0712. The quantitative estimate of drug-likeness (QED) is 0.293. The van der Waals surface area contributed by atoms with Crippen molar-refractivity contribution in [3.05, 3.63) is 47.5 Å². The number of phenolic OH excluding ortho intramolecular Hbond substituents is 3. The van der Waals surface area contributed by atoms with Gasteiger partial charge in [-0.2, -0.15) is 8.42 Å². The van der Waals surface area contributed by atoms with E-state index in [9.17, 15) is 38.7 Å². The van der Waals surface area contributed by atoms with Gasteiger partial charge >= 0.3 is 10.4 Å². The standard InChI is InChI=1S/C20H20O13S/c21-9-3-1-8(2-4-9)18-19(16(25)14-11(23)5-10(22)6-12(14)31-18)32-20-17(26)15(24)13(7-30-20)33-34(27,28)29/h1-6,13,15,17-24,26H,7H2,(H,27,28,29)/t13-,15-,17+,18+,19+,20-/m0/s1. The predicted octanol–water partition coefficient (Wildman–Crippen LogP) is -0.229. The van der Waals surface area contributed by atoms with E-state index >= 15 is 0 Å². The fourth-order valence-corrected chi connectivity index (χ4v) is 4.20. The molecule has 1 saturated heterocycles. The maximum absolute atomic E-state index is 13.3. The average molecular weight is 500 g/mol. The van der Waals surface area contributed by atoms with Crippen LogP contribution in [0.1, 0.15) is 22.0 Å². The first-order valence-electron chi connectivity index (χ1n) is 9.79. The molecule has 0 aromatic heterocycles. The zero-order chi connectivity index (χ0) is 24.8. The highest BCUT2D eigenvalue weighted by Gasteiger charge is 2.47. The number of hydrogen-bond donors (Lipinski definition) is 6. The highest BCUT2D eigenvalue weighted by molar-refractivity contribution is 7.80. The summed E-state index contributed by atoms with van der Waals surface area (Å²) in [5.74, 6) is -1.99. The molecule has 2 aromatic carbocycles. The molecule has 0 unspecified atom stereocenters. The fraction of sp³-hybridized carbons (Fsp3) is 0.350. The fourth-order valence-electron chi connectivity index (χ4n) is 3.72. The number of phenols is 3. The summed E-state index contributed by atoms with van der Waals surface area (Å²) < 4.78 is 51.6. The molecule has 0 aliphatic carbocycles. The van der Waals surface area contributed by atoms with Crippen molar-refractivity contribution in [1.29, 1.82) is 0 Å². The largest absolute Gasteiger partial charge is 0.508 e. The van der Waals surface area contributed by atoms with Gasteiger partial charge in [-0.3, -0.25) is 9.35 Å². The molecule has 0 bridgehead atoms. The van der Waals surface area contributed by atoms with Crippen molar-refractivity contribution in [1.82, 2.24) is 0 Å². The van der Waals surface area contributed by atoms with Gasteiger partial charge in [0.25, 0.3) is 0 Å². The van der Waals surface area contributed by atoms with E-state index in [1.807, 2.05) is 0 Å². The smallest absolute Gasteiger partial charge is 0.397 e. The van der Waals surface area contributed by atoms with Crippen LogP contribution in [0.25, 0.3) is 0 Å². The molecule has 6 N–H and O–H groups in total. The number of benzene rings is 2. The lowest BCUT2D eigenvalue weighted by molar-refractivity contribution is -0.280. The Morgan fingerprint density at radius 1 is 0.971 bits per heavy atom. The minimum atomic E-state index is -4.96. The van der Waals surface area contributed by atoms with Crippen LogP contribution in [0, 0.1) is 0 Å². The molecule has 184 valence electrons. The van der Waals surface area contributed by atoms with E-state index in [2.05, 4.69) is 4.18 Å². The second-order valence-electron chi connectivity index (χ2n) is 7.63. The van der Waals surface area contributed by atoms with Crippen LogP contribution in [-0.4, -0.2) is 81.6 Å². The Balaban J connectivity index is 1.65. The summed E-state index contributed by atoms with van der Waals surface area (Å²) in [4.78, 5) is 13.3. The van der Waals surface area contributed by atoms with E-state index in [1.54, 1.807) is 0 Å². The van der Waals surface area contributed by atoms with Gasteiger partial charge in [-0.25, -0.2) is 4.18 Å². The molecule has 0 radical (unpaired) electrons. The Hall–Kier alpha value is -2.98. The van der Waals surface area contributed by atoms with Crippen molar-refractivity contribution in [3.8, 4) is 23.0 Å². The number of carbonyl (C=O) groups excluding carboxylic acids is 1. The van der Waals surface area contributed by atoms with Crippen LogP contribution in [0.15, 0.2) is 36.4 Å². The van der Waals surface area contributed by atoms with Crippen molar-refractivity contribution in [3.63, 3.8) is 0 Å². The monoisotopic (exact) mass is 500 g/mol. The summed E-state index contributed by atoms with van der Waals surface area (Å²) in [5.41, 5.74) is 0.0272. The molecule has 0 spiro atoms. The molecule has 2 heterocycles. The normalized spacial score (nSPS) is 29.3. The summed E-state index contributed by atoms with van der Waals surface area (Å²) in [6, 6.07) is 7.54. The first-order chi connectivity index (χ1) is 15.9. The number of aliphatic hydroxyl groups is 2. The van der Waals surface area contributed by atoms with Crippen LogP contribution in [0.4, 0.5) is 0 Å². The van der Waals surface area contributed by atoms with E-state index in [0.717, 1.165) is 12.1 Å². The van der Waals surface area contributed by atoms with Gasteiger partial charge in [0.1, 0.15) is 46.9 Å². The molecule has 4 rings (SSSR count). The number of ketones is 1. The Morgan fingerprint density at radius 2 is 1.65 bits per heavy atom. The van der Waals surface area contributed by atoms with Crippen LogP contribution in [0.5, 0.6) is 23.0 Å². The zero-order valence-electron chi connectivity index (χ0n) is 17.1. The lowest BCUT2D eigenvalue weighted by Gasteiger charge is -2.40. The van der Waals surface area contributed by atoms with Gasteiger partial charge in [0, 0.05) is 12.1 Å². The summed E-state index contributed by atoms with van der Waals surface area (Å²) in [6.45, 7) is -0.635. The molecule has 0 amide bonds. The summed E-state index contributed by atoms with van der Waals surface area (Å²) >= 11 is 0. The number of aromatic hydroxyl groups is 3. The van der Waals surface area contributed by atoms with Crippen molar-refractivity contribution < 1.29 is 61.7 Å². The third kappa shape index (κ3) is 4.78. The van der Waals surface area contributed by atoms with Gasteiger partial charge in [0.05, 0.1) is 6.61 Å². The van der Waals surface area contributed by atoms with Crippen LogP contribution < -0.4 is 4.74 Å².